The predicted octanol–water partition coefficient (Wildman–Crippen LogP) is 1.47. The molecule has 0 spiro atoms. The first-order valence-electron chi connectivity index (χ1n) is 5.67. The van der Waals surface area contributed by atoms with Crippen LogP contribution in [-0.2, 0) is 14.3 Å². The van der Waals surface area contributed by atoms with Crippen molar-refractivity contribution in [2.45, 2.75) is 39.5 Å². The van der Waals surface area contributed by atoms with Gasteiger partial charge in [0.1, 0.15) is 0 Å². The third-order valence-corrected chi connectivity index (χ3v) is 2.37. The number of hydrogen-bond acceptors (Lipinski definition) is 3. The molecule has 0 saturated heterocycles. The maximum absolute atomic E-state index is 11.1. The van der Waals surface area contributed by atoms with Crippen molar-refractivity contribution in [1.82, 2.24) is 0 Å². The molecule has 0 rings (SSSR count). The fourth-order valence-corrected chi connectivity index (χ4v) is 1.29. The van der Waals surface area contributed by atoms with E-state index in [4.69, 9.17) is 9.84 Å². The van der Waals surface area contributed by atoms with Crippen LogP contribution in [0.15, 0.2) is 12.2 Å². The molecule has 0 bridgehead atoms. The molecule has 98 valence electrons. The molecule has 1 unspecified atom stereocenters. The van der Waals surface area contributed by atoms with Crippen molar-refractivity contribution in [2.75, 3.05) is 6.61 Å². The van der Waals surface area contributed by atoms with Crippen molar-refractivity contribution in [3.8, 4) is 0 Å². The van der Waals surface area contributed by atoms with Gasteiger partial charge < -0.3 is 9.84 Å². The van der Waals surface area contributed by atoms with Gasteiger partial charge in [-0.15, -0.1) is 0 Å². The molecule has 17 heavy (non-hydrogen) atoms. The van der Waals surface area contributed by atoms with Gasteiger partial charge in [0.2, 0.25) is 0 Å². The van der Waals surface area contributed by atoms with Crippen molar-refractivity contribution in [1.29, 1.82) is 0 Å². The predicted molar refractivity (Wildman–Crippen MR) is 69.6 cm³/mol. The number of rotatable bonds is 8. The molecule has 0 saturated carbocycles. The molecule has 5 heteroatoms. The molecule has 0 aromatic carbocycles. The molecule has 1 N–H and O–H groups in total. The van der Waals surface area contributed by atoms with E-state index in [0.717, 1.165) is 37.8 Å². The molecule has 0 aliphatic carbocycles. The Morgan fingerprint density at radius 1 is 1.29 bits per heavy atom. The molecule has 0 aliphatic rings. The molecule has 4 nitrogen and oxygen atoms in total. The average molecular weight is 349 g/mol. The van der Waals surface area contributed by atoms with E-state index < -0.39 is 11.9 Å². The van der Waals surface area contributed by atoms with Crippen molar-refractivity contribution in [2.24, 2.45) is 5.92 Å². The Labute approximate surface area is 119 Å². The van der Waals surface area contributed by atoms with Crippen LogP contribution in [-0.4, -0.2) is 47.6 Å². The summed E-state index contributed by atoms with van der Waals surface area (Å²) in [5, 5.41) is 8.31. The van der Waals surface area contributed by atoms with E-state index in [9.17, 15) is 9.59 Å². The van der Waals surface area contributed by atoms with Gasteiger partial charge in [-0.3, -0.25) is 0 Å². The topological polar surface area (TPSA) is 63.6 Å². The molecule has 0 amide bonds. The Balaban J connectivity index is 0. The normalized spacial score (nSPS) is 11.9. The summed E-state index contributed by atoms with van der Waals surface area (Å²) in [7, 11) is 0. The van der Waals surface area contributed by atoms with Crippen LogP contribution in [0.4, 0.5) is 0 Å². The molecular weight excluding hydrogens is 327 g/mol. The fourth-order valence-electron chi connectivity index (χ4n) is 1.29. The van der Waals surface area contributed by atoms with E-state index in [0.29, 0.717) is 12.5 Å². The second kappa shape index (κ2) is 11.9. The van der Waals surface area contributed by atoms with Gasteiger partial charge >= 0.3 is 35.8 Å². The first-order valence-corrected chi connectivity index (χ1v) is 5.67. The van der Waals surface area contributed by atoms with Gasteiger partial charge in [-0.2, -0.15) is 0 Å². The Hall–Kier alpha value is -0.521. The Morgan fingerprint density at radius 2 is 1.94 bits per heavy atom. The molecule has 1 atom stereocenters. The molecule has 0 aliphatic heterocycles. The van der Waals surface area contributed by atoms with Gasteiger partial charge in [0.25, 0.3) is 0 Å². The molecule has 0 aromatic rings. The van der Waals surface area contributed by atoms with E-state index >= 15 is 0 Å². The van der Waals surface area contributed by atoms with E-state index in [2.05, 4.69) is 13.8 Å². The van der Waals surface area contributed by atoms with Crippen molar-refractivity contribution >= 4 is 35.8 Å². The Bertz CT molecular complexity index is 251. The summed E-state index contributed by atoms with van der Waals surface area (Å²) in [6, 6.07) is 0. The number of hydrogen-bond donors (Lipinski definition) is 1. The minimum absolute atomic E-state index is 0. The van der Waals surface area contributed by atoms with Crippen LogP contribution in [0.3, 0.4) is 0 Å². The van der Waals surface area contributed by atoms with E-state index in [1.807, 2.05) is 0 Å². The Kier molecular flexibility index (Phi) is 13.2. The van der Waals surface area contributed by atoms with Gasteiger partial charge in [0, 0.05) is 12.2 Å². The van der Waals surface area contributed by atoms with Crippen molar-refractivity contribution < 1.29 is 19.4 Å². The number of carbonyl (C=O) groups excluding carboxylic acids is 1. The van der Waals surface area contributed by atoms with Gasteiger partial charge in [-0.25, -0.2) is 9.59 Å². The summed E-state index contributed by atoms with van der Waals surface area (Å²) in [5.74, 6) is -1.35. The third-order valence-electron chi connectivity index (χ3n) is 2.37. The van der Waals surface area contributed by atoms with Crippen molar-refractivity contribution in [3.63, 3.8) is 0 Å². The summed E-state index contributed by atoms with van der Waals surface area (Å²) < 4.78 is 4.95. The summed E-state index contributed by atoms with van der Waals surface area (Å²) in [6.07, 6.45) is 5.99. The first kappa shape index (κ1) is 18.8. The minimum atomic E-state index is -1.14. The quantitative estimate of drug-likeness (QED) is 0.410. The van der Waals surface area contributed by atoms with Gasteiger partial charge in [-0.1, -0.05) is 33.1 Å². The number of ether oxygens (including phenoxy) is 1. The molecular formula is C12H22O4Sn. The van der Waals surface area contributed by atoms with E-state index in [1.165, 1.54) is 0 Å². The zero-order chi connectivity index (χ0) is 12.4. The van der Waals surface area contributed by atoms with Crippen LogP contribution < -0.4 is 0 Å². The number of carboxylic acids is 1. The van der Waals surface area contributed by atoms with E-state index in [-0.39, 0.29) is 23.9 Å². The van der Waals surface area contributed by atoms with Crippen LogP contribution in [0.25, 0.3) is 0 Å². The second-order valence-corrected chi connectivity index (χ2v) is 3.72. The summed E-state index contributed by atoms with van der Waals surface area (Å²) in [6.45, 7) is 4.55. The summed E-state index contributed by atoms with van der Waals surface area (Å²) in [5.41, 5.74) is 0. The van der Waals surface area contributed by atoms with Gasteiger partial charge in [0.05, 0.1) is 6.61 Å². The average Bonchev–Trinajstić information content (AvgIpc) is 2.26. The summed E-state index contributed by atoms with van der Waals surface area (Å²) in [4.78, 5) is 21.2. The zero-order valence-corrected chi connectivity index (χ0v) is 14.7. The van der Waals surface area contributed by atoms with Gasteiger partial charge in [0.15, 0.2) is 0 Å². The monoisotopic (exact) mass is 350 g/mol. The van der Waals surface area contributed by atoms with Crippen molar-refractivity contribution in [3.05, 3.63) is 12.2 Å². The molecule has 0 aromatic heterocycles. The number of unbranched alkanes of at least 4 members (excludes halogenated alkanes) is 1. The number of carboxylic acid groups (broad SMARTS) is 1. The van der Waals surface area contributed by atoms with Crippen LogP contribution in [0, 0.1) is 5.92 Å². The number of esters is 1. The standard InChI is InChI=1S/C12H20O4.Sn.2H/c1-3-5-6-10(4-2)9-16-12(15)8-7-11(13)14;;;/h7-8,10H,3-6,9H2,1-2H3,(H,13,14);;;/b8-7-;;;. The number of carbonyl (C=O) groups is 2. The van der Waals surface area contributed by atoms with Gasteiger partial charge in [-0.05, 0) is 12.3 Å². The Morgan fingerprint density at radius 3 is 2.41 bits per heavy atom. The third kappa shape index (κ3) is 11.7. The summed E-state index contributed by atoms with van der Waals surface area (Å²) >= 11 is 0. The van der Waals surface area contributed by atoms with Crippen LogP contribution >= 0.6 is 0 Å². The SMILES string of the molecule is CCCCC(CC)COC(=O)/C=C\C(=O)O.[SnH2]. The van der Waals surface area contributed by atoms with E-state index in [1.54, 1.807) is 0 Å². The molecule has 0 fully saturated rings. The second-order valence-electron chi connectivity index (χ2n) is 3.72. The van der Waals surface area contributed by atoms with Crippen LogP contribution in [0.2, 0.25) is 0 Å². The van der Waals surface area contributed by atoms with Crippen LogP contribution in [0.1, 0.15) is 39.5 Å². The molecule has 2 radical (unpaired) electrons. The van der Waals surface area contributed by atoms with Crippen LogP contribution in [0.5, 0.6) is 0 Å². The first-order chi connectivity index (χ1) is 7.60. The zero-order valence-electron chi connectivity index (χ0n) is 10.6. The maximum atomic E-state index is 11.1. The number of aliphatic carboxylic acids is 1. The molecule has 0 heterocycles. The fraction of sp³-hybridized carbons (Fsp3) is 0.667.